The molecule has 5 heterocycles. The molecule has 13 heteroatoms. The van der Waals surface area contributed by atoms with Crippen LogP contribution < -0.4 is 14.4 Å². The molecule has 2 fully saturated rings. The number of nitro groups is 1. The van der Waals surface area contributed by atoms with E-state index in [1.165, 1.54) is 18.5 Å². The van der Waals surface area contributed by atoms with E-state index in [1.54, 1.807) is 16.9 Å². The van der Waals surface area contributed by atoms with E-state index in [4.69, 9.17) is 19.2 Å². The smallest absolute Gasteiger partial charge is 0.324 e. The van der Waals surface area contributed by atoms with E-state index in [1.807, 2.05) is 19.1 Å². The first-order chi connectivity index (χ1) is 19.4. The predicted molar refractivity (Wildman–Crippen MR) is 147 cm³/mol. The fraction of sp³-hybridized carbons (Fsp3) is 0.444. The molecule has 6 rings (SSSR count). The van der Waals surface area contributed by atoms with Gasteiger partial charge in [0.25, 0.3) is 0 Å². The quantitative estimate of drug-likeness (QED) is 0.201. The van der Waals surface area contributed by atoms with Crippen molar-refractivity contribution in [3.05, 3.63) is 63.7 Å². The number of hydrogen-bond donors (Lipinski definition) is 0. The molecular weight excluding hydrogens is 539 g/mol. The molecule has 0 spiro atoms. The summed E-state index contributed by atoms with van der Waals surface area (Å²) in [6.07, 6.45) is 7.10. The molecule has 0 N–H and O–H groups in total. The molecule has 1 aliphatic heterocycles. The van der Waals surface area contributed by atoms with E-state index >= 15 is 0 Å². The fourth-order valence-corrected chi connectivity index (χ4v) is 5.99. The van der Waals surface area contributed by atoms with Crippen molar-refractivity contribution in [3.63, 3.8) is 0 Å². The van der Waals surface area contributed by atoms with E-state index in [-0.39, 0.29) is 23.0 Å². The van der Waals surface area contributed by atoms with Crippen LogP contribution in [-0.2, 0) is 4.74 Å². The first kappa shape index (κ1) is 26.4. The van der Waals surface area contributed by atoms with Gasteiger partial charge in [-0.3, -0.25) is 19.8 Å². The van der Waals surface area contributed by atoms with Crippen molar-refractivity contribution in [3.8, 4) is 11.6 Å². The van der Waals surface area contributed by atoms with Crippen LogP contribution in [0.1, 0.15) is 49.6 Å². The number of fused-ring (bicyclic) bond motifs is 1. The summed E-state index contributed by atoms with van der Waals surface area (Å²) in [4.78, 5) is 23.2. The van der Waals surface area contributed by atoms with Crippen LogP contribution >= 0.6 is 11.3 Å². The molecule has 40 heavy (non-hydrogen) atoms. The molecule has 4 aromatic heterocycles. The Bertz CT molecular complexity index is 1500. The van der Waals surface area contributed by atoms with Crippen molar-refractivity contribution in [1.29, 1.82) is 0 Å². The maximum Gasteiger partial charge on any atom is 0.324 e. The summed E-state index contributed by atoms with van der Waals surface area (Å²) in [6, 6.07) is 7.15. The van der Waals surface area contributed by atoms with E-state index in [2.05, 4.69) is 15.0 Å². The number of halogens is 1. The van der Waals surface area contributed by atoms with Gasteiger partial charge in [-0.05, 0) is 44.7 Å². The molecule has 0 bridgehead atoms. The van der Waals surface area contributed by atoms with Crippen molar-refractivity contribution in [2.24, 2.45) is 0 Å². The van der Waals surface area contributed by atoms with Crippen molar-refractivity contribution >= 4 is 33.1 Å². The second kappa shape index (κ2) is 11.3. The SMILES string of the molecule is CC(Oc1cnc2cc(N3CCOCC3)nc(O[C@H]3CC[C@@H](n4cc(F)cn4)CC3)c2c1)c1ccc([N+](=O)[O-])s1. The lowest BCUT2D eigenvalue weighted by molar-refractivity contribution is -0.380. The van der Waals surface area contributed by atoms with Crippen LogP contribution in [0.2, 0.25) is 0 Å². The molecular formula is C27H29FN6O5S. The van der Waals surface area contributed by atoms with Gasteiger partial charge >= 0.3 is 5.00 Å². The van der Waals surface area contributed by atoms with E-state index in [0.29, 0.717) is 24.8 Å². The molecule has 1 aliphatic carbocycles. The Morgan fingerprint density at radius 1 is 1.18 bits per heavy atom. The summed E-state index contributed by atoms with van der Waals surface area (Å²) >= 11 is 1.09. The highest BCUT2D eigenvalue weighted by Gasteiger charge is 2.26. The van der Waals surface area contributed by atoms with Crippen LogP contribution in [0.15, 0.2) is 42.9 Å². The van der Waals surface area contributed by atoms with Crippen molar-refractivity contribution in [2.45, 2.75) is 50.9 Å². The standard InChI is InChI=1S/C27H29FN6O5S/c1-17(24-6-7-26(40-24)34(35)36)38-21-12-22-23(29-15-21)13-25(32-8-10-37-11-9-32)31-27(22)39-20-4-2-19(3-5-20)33-16-18(28)14-30-33/h6-7,12-17,19-20H,2-5,8-11H2,1H3/t17?,19-,20+. The number of anilines is 1. The second-order valence-corrected chi connectivity index (χ2v) is 11.1. The lowest BCUT2D eigenvalue weighted by Crippen LogP contribution is -2.36. The minimum absolute atomic E-state index is 0.0533. The number of aromatic nitrogens is 4. The Hall–Kier alpha value is -3.84. The Labute approximate surface area is 233 Å². The zero-order chi connectivity index (χ0) is 27.6. The van der Waals surface area contributed by atoms with Crippen LogP contribution in [0.5, 0.6) is 11.6 Å². The van der Waals surface area contributed by atoms with Crippen molar-refractivity contribution in [2.75, 3.05) is 31.2 Å². The summed E-state index contributed by atoms with van der Waals surface area (Å²) in [6.45, 7) is 4.57. The fourth-order valence-electron chi connectivity index (χ4n) is 5.19. The lowest BCUT2D eigenvalue weighted by atomic mass is 9.93. The third-order valence-electron chi connectivity index (χ3n) is 7.31. The number of nitrogens with zero attached hydrogens (tertiary/aromatic N) is 6. The maximum atomic E-state index is 13.5. The normalized spacial score (nSPS) is 20.4. The summed E-state index contributed by atoms with van der Waals surface area (Å²) in [5.74, 6) is 1.47. The first-order valence-corrected chi connectivity index (χ1v) is 14.1. The molecule has 0 aromatic carbocycles. The van der Waals surface area contributed by atoms with Crippen LogP contribution in [0.3, 0.4) is 0 Å². The summed E-state index contributed by atoms with van der Waals surface area (Å²) in [5, 5.41) is 16.0. The van der Waals surface area contributed by atoms with Gasteiger partial charge in [0.1, 0.15) is 23.8 Å². The van der Waals surface area contributed by atoms with Crippen molar-refractivity contribution in [1.82, 2.24) is 19.7 Å². The Balaban J connectivity index is 1.25. The minimum Gasteiger partial charge on any atom is -0.484 e. The number of thiophene rings is 1. The van der Waals surface area contributed by atoms with Crippen molar-refractivity contribution < 1.29 is 23.5 Å². The highest BCUT2D eigenvalue weighted by Crippen LogP contribution is 2.36. The van der Waals surface area contributed by atoms with Crippen LogP contribution in [0.4, 0.5) is 15.2 Å². The molecule has 1 saturated carbocycles. The number of rotatable bonds is 8. The highest BCUT2D eigenvalue weighted by atomic mass is 32.1. The van der Waals surface area contributed by atoms with Gasteiger partial charge in [0, 0.05) is 25.2 Å². The number of ether oxygens (including phenoxy) is 3. The van der Waals surface area contributed by atoms with E-state index in [9.17, 15) is 14.5 Å². The Morgan fingerprint density at radius 3 is 2.67 bits per heavy atom. The average Bonchev–Trinajstić information content (AvgIpc) is 3.64. The maximum absolute atomic E-state index is 13.5. The predicted octanol–water partition coefficient (Wildman–Crippen LogP) is 5.47. The molecule has 2 aliphatic rings. The molecule has 11 nitrogen and oxygen atoms in total. The summed E-state index contributed by atoms with van der Waals surface area (Å²) < 4.78 is 33.3. The highest BCUT2D eigenvalue weighted by molar-refractivity contribution is 7.15. The first-order valence-electron chi connectivity index (χ1n) is 13.3. The molecule has 1 atom stereocenters. The van der Waals surface area contributed by atoms with Gasteiger partial charge in [0.15, 0.2) is 5.82 Å². The Morgan fingerprint density at radius 2 is 1.98 bits per heavy atom. The van der Waals surface area contributed by atoms with Gasteiger partial charge in [-0.1, -0.05) is 11.3 Å². The summed E-state index contributed by atoms with van der Waals surface area (Å²) in [5.41, 5.74) is 0.735. The molecule has 0 amide bonds. The largest absolute Gasteiger partial charge is 0.484 e. The van der Waals surface area contributed by atoms with Crippen LogP contribution in [0.25, 0.3) is 10.9 Å². The van der Waals surface area contributed by atoms with Crippen LogP contribution in [-0.4, -0.2) is 57.1 Å². The molecule has 1 saturated heterocycles. The lowest BCUT2D eigenvalue weighted by Gasteiger charge is -2.30. The zero-order valence-electron chi connectivity index (χ0n) is 21.9. The van der Waals surface area contributed by atoms with Gasteiger partial charge in [-0.25, -0.2) is 4.39 Å². The van der Waals surface area contributed by atoms with Crippen LogP contribution in [0, 0.1) is 15.9 Å². The third-order valence-corrected chi connectivity index (χ3v) is 8.51. The summed E-state index contributed by atoms with van der Waals surface area (Å²) in [7, 11) is 0. The van der Waals surface area contributed by atoms with E-state index < -0.39 is 11.0 Å². The molecule has 210 valence electrons. The van der Waals surface area contributed by atoms with Gasteiger partial charge in [-0.15, -0.1) is 0 Å². The van der Waals surface area contributed by atoms with Gasteiger partial charge in [0.2, 0.25) is 5.88 Å². The third kappa shape index (κ3) is 5.70. The van der Waals surface area contributed by atoms with Gasteiger partial charge in [-0.2, -0.15) is 10.1 Å². The van der Waals surface area contributed by atoms with E-state index in [0.717, 1.165) is 71.7 Å². The number of pyridine rings is 2. The zero-order valence-corrected chi connectivity index (χ0v) is 22.8. The topological polar surface area (TPSA) is 118 Å². The average molecular weight is 569 g/mol. The molecule has 0 radical (unpaired) electrons. The molecule has 4 aromatic rings. The molecule has 1 unspecified atom stereocenters. The number of hydrogen-bond acceptors (Lipinski definition) is 10. The number of morpholine rings is 1. The van der Waals surface area contributed by atoms with Gasteiger partial charge in [0.05, 0.1) is 58.5 Å². The Kier molecular flexibility index (Phi) is 7.48. The monoisotopic (exact) mass is 568 g/mol. The second-order valence-electron chi connectivity index (χ2n) is 10.0. The minimum atomic E-state index is -0.402. The van der Waals surface area contributed by atoms with Gasteiger partial charge < -0.3 is 19.1 Å².